The molecule has 0 saturated carbocycles. The fraction of sp³-hybridized carbons (Fsp3) is 0.250. The summed E-state index contributed by atoms with van der Waals surface area (Å²) in [5.74, 6) is -6.63. The highest BCUT2D eigenvalue weighted by Gasteiger charge is 2.28. The Kier molecular flexibility index (Phi) is 4.92. The number of rotatable bonds is 3. The van der Waals surface area contributed by atoms with Crippen molar-refractivity contribution in [3.8, 4) is 5.69 Å². The van der Waals surface area contributed by atoms with Gasteiger partial charge in [-0.1, -0.05) is 0 Å². The summed E-state index contributed by atoms with van der Waals surface area (Å²) in [6.07, 6.45) is 1.25. The quantitative estimate of drug-likeness (QED) is 0.612. The number of carboxylic acids is 1. The van der Waals surface area contributed by atoms with E-state index in [2.05, 4.69) is 4.98 Å². The number of carboxylic acid groups (broad SMARTS) is 1. The SMILES string of the molecule is Cc1c(F)c(N2CC[C@H](N)C2)nc2c1c(=O)c(C(=O)O)cn2-c1c(F)cc(F)cc1F. The van der Waals surface area contributed by atoms with Crippen LogP contribution in [0.4, 0.5) is 23.4 Å². The van der Waals surface area contributed by atoms with Crippen LogP contribution in [0.3, 0.4) is 0 Å². The standard InChI is InChI=1S/C20H16F4N4O3/c1-8-14-17(29)11(20(30)31)7-28(16-12(22)4-9(21)5-13(16)23)18(14)26-19(15(8)24)27-3-2-10(25)6-27/h4-5,7,10H,2-3,6,25H2,1H3,(H,30,31)/t10-/m0/s1. The van der Waals surface area contributed by atoms with E-state index in [0.29, 0.717) is 35.9 Å². The summed E-state index contributed by atoms with van der Waals surface area (Å²) in [6.45, 7) is 1.88. The Balaban J connectivity index is 2.15. The zero-order valence-electron chi connectivity index (χ0n) is 16.1. The number of hydrogen-bond acceptors (Lipinski definition) is 5. The predicted molar refractivity (Wildman–Crippen MR) is 104 cm³/mol. The van der Waals surface area contributed by atoms with Crippen LogP contribution in [-0.2, 0) is 0 Å². The van der Waals surface area contributed by atoms with E-state index in [9.17, 15) is 27.9 Å². The second-order valence-electron chi connectivity index (χ2n) is 7.33. The highest BCUT2D eigenvalue weighted by molar-refractivity contribution is 5.93. The number of fused-ring (bicyclic) bond motifs is 1. The number of aromatic carboxylic acids is 1. The van der Waals surface area contributed by atoms with E-state index in [1.165, 1.54) is 11.8 Å². The van der Waals surface area contributed by atoms with E-state index in [0.717, 1.165) is 0 Å². The Labute approximate surface area is 172 Å². The van der Waals surface area contributed by atoms with Crippen LogP contribution in [0.25, 0.3) is 16.7 Å². The lowest BCUT2D eigenvalue weighted by molar-refractivity contribution is 0.0695. The summed E-state index contributed by atoms with van der Waals surface area (Å²) in [5, 5.41) is 8.95. The van der Waals surface area contributed by atoms with Gasteiger partial charge in [0.05, 0.1) is 5.39 Å². The van der Waals surface area contributed by atoms with Crippen molar-refractivity contribution in [3.63, 3.8) is 0 Å². The van der Waals surface area contributed by atoms with Gasteiger partial charge >= 0.3 is 5.97 Å². The minimum Gasteiger partial charge on any atom is -0.477 e. The van der Waals surface area contributed by atoms with Crippen molar-refractivity contribution < 1.29 is 27.5 Å². The monoisotopic (exact) mass is 436 g/mol. The lowest BCUT2D eigenvalue weighted by atomic mass is 10.1. The molecule has 162 valence electrons. The summed E-state index contributed by atoms with van der Waals surface area (Å²) in [5.41, 5.74) is 2.51. The van der Waals surface area contributed by atoms with Gasteiger partial charge in [-0.15, -0.1) is 0 Å². The van der Waals surface area contributed by atoms with Gasteiger partial charge in [0.15, 0.2) is 28.9 Å². The third-order valence-corrected chi connectivity index (χ3v) is 5.27. The molecule has 2 aromatic heterocycles. The molecule has 1 aliphatic rings. The Morgan fingerprint density at radius 2 is 1.87 bits per heavy atom. The van der Waals surface area contributed by atoms with Gasteiger partial charge in [0, 0.05) is 43.0 Å². The first-order valence-corrected chi connectivity index (χ1v) is 9.24. The average Bonchev–Trinajstić information content (AvgIpc) is 3.10. The van der Waals surface area contributed by atoms with Crippen LogP contribution in [0.5, 0.6) is 0 Å². The normalized spacial score (nSPS) is 16.3. The lowest BCUT2D eigenvalue weighted by Crippen LogP contribution is -2.29. The van der Waals surface area contributed by atoms with Crippen molar-refractivity contribution in [2.45, 2.75) is 19.4 Å². The second-order valence-corrected chi connectivity index (χ2v) is 7.33. The van der Waals surface area contributed by atoms with Crippen LogP contribution in [0.2, 0.25) is 0 Å². The van der Waals surface area contributed by atoms with Gasteiger partial charge < -0.3 is 15.7 Å². The van der Waals surface area contributed by atoms with Crippen molar-refractivity contribution in [1.82, 2.24) is 9.55 Å². The molecule has 31 heavy (non-hydrogen) atoms. The largest absolute Gasteiger partial charge is 0.477 e. The van der Waals surface area contributed by atoms with Crippen molar-refractivity contribution in [2.75, 3.05) is 18.0 Å². The average molecular weight is 436 g/mol. The topological polar surface area (TPSA) is 101 Å². The maximum absolute atomic E-state index is 15.1. The summed E-state index contributed by atoms with van der Waals surface area (Å²) in [4.78, 5) is 30.0. The van der Waals surface area contributed by atoms with Gasteiger partial charge in [0.2, 0.25) is 5.43 Å². The molecule has 1 saturated heterocycles. The van der Waals surface area contributed by atoms with E-state index in [1.807, 2.05) is 0 Å². The fourth-order valence-electron chi connectivity index (χ4n) is 3.76. The number of carbonyl (C=O) groups is 1. The maximum atomic E-state index is 15.1. The Morgan fingerprint density at radius 3 is 2.42 bits per heavy atom. The van der Waals surface area contributed by atoms with Crippen LogP contribution < -0.4 is 16.1 Å². The van der Waals surface area contributed by atoms with Crippen LogP contribution in [0.1, 0.15) is 22.3 Å². The molecule has 1 aromatic carbocycles. The summed E-state index contributed by atoms with van der Waals surface area (Å²) in [6, 6.07) is 0.569. The minimum atomic E-state index is -1.68. The van der Waals surface area contributed by atoms with Crippen molar-refractivity contribution in [1.29, 1.82) is 0 Å². The Morgan fingerprint density at radius 1 is 1.23 bits per heavy atom. The molecule has 0 amide bonds. The number of anilines is 1. The zero-order valence-corrected chi connectivity index (χ0v) is 16.1. The predicted octanol–water partition coefficient (Wildman–Crippen LogP) is 2.49. The van der Waals surface area contributed by atoms with E-state index in [1.54, 1.807) is 0 Å². The van der Waals surface area contributed by atoms with Crippen molar-refractivity contribution >= 4 is 22.8 Å². The van der Waals surface area contributed by atoms with Gasteiger partial charge in [-0.25, -0.2) is 27.3 Å². The highest BCUT2D eigenvalue weighted by Crippen LogP contribution is 2.30. The number of nitrogens with two attached hydrogens (primary N) is 1. The van der Waals surface area contributed by atoms with Crippen molar-refractivity contribution in [3.05, 3.63) is 62.9 Å². The number of benzene rings is 1. The molecule has 7 nitrogen and oxygen atoms in total. The fourth-order valence-corrected chi connectivity index (χ4v) is 3.76. The number of pyridine rings is 2. The van der Waals surface area contributed by atoms with Gasteiger partial charge in [-0.2, -0.15) is 0 Å². The molecular formula is C20H16F4N4O3. The zero-order chi connectivity index (χ0) is 22.6. The first kappa shape index (κ1) is 20.8. The molecule has 1 atom stereocenters. The van der Waals surface area contributed by atoms with E-state index in [-0.39, 0.29) is 29.6 Å². The summed E-state index contributed by atoms with van der Waals surface area (Å²) < 4.78 is 58.3. The Hall–Kier alpha value is -3.47. The van der Waals surface area contributed by atoms with Gasteiger partial charge in [-0.05, 0) is 13.3 Å². The smallest absolute Gasteiger partial charge is 0.341 e. The molecule has 0 unspecified atom stereocenters. The molecule has 0 bridgehead atoms. The van der Waals surface area contributed by atoms with E-state index < -0.39 is 51.3 Å². The second kappa shape index (κ2) is 7.34. The molecule has 0 spiro atoms. The van der Waals surface area contributed by atoms with Crippen LogP contribution in [0, 0.1) is 30.2 Å². The minimum absolute atomic E-state index is 0.183. The number of halogens is 4. The molecule has 0 aliphatic carbocycles. The summed E-state index contributed by atoms with van der Waals surface area (Å²) >= 11 is 0. The highest BCUT2D eigenvalue weighted by atomic mass is 19.1. The molecule has 1 fully saturated rings. The van der Waals surface area contributed by atoms with Gasteiger partial charge in [-0.3, -0.25) is 9.36 Å². The van der Waals surface area contributed by atoms with Gasteiger partial charge in [0.1, 0.15) is 17.1 Å². The number of aryl methyl sites for hydroxylation is 1. The lowest BCUT2D eigenvalue weighted by Gasteiger charge is -2.21. The summed E-state index contributed by atoms with van der Waals surface area (Å²) in [7, 11) is 0. The van der Waals surface area contributed by atoms with E-state index >= 15 is 4.39 Å². The molecule has 0 radical (unpaired) electrons. The first-order chi connectivity index (χ1) is 14.6. The number of aromatic nitrogens is 2. The number of nitrogens with zero attached hydrogens (tertiary/aromatic N) is 3. The third-order valence-electron chi connectivity index (χ3n) is 5.27. The molecule has 3 heterocycles. The number of hydrogen-bond donors (Lipinski definition) is 2. The molecule has 4 rings (SSSR count). The molecule has 1 aliphatic heterocycles. The van der Waals surface area contributed by atoms with Crippen LogP contribution in [-0.4, -0.2) is 39.8 Å². The first-order valence-electron chi connectivity index (χ1n) is 9.24. The van der Waals surface area contributed by atoms with Gasteiger partial charge in [0.25, 0.3) is 0 Å². The van der Waals surface area contributed by atoms with Crippen molar-refractivity contribution in [2.24, 2.45) is 5.73 Å². The van der Waals surface area contributed by atoms with E-state index in [4.69, 9.17) is 5.73 Å². The molecule has 3 aromatic rings. The van der Waals surface area contributed by atoms with Crippen LogP contribution in [0.15, 0.2) is 23.1 Å². The Bertz CT molecular complexity index is 1290. The molecule has 3 N–H and O–H groups in total. The third kappa shape index (κ3) is 3.30. The van der Waals surface area contributed by atoms with Crippen LogP contribution >= 0.6 is 0 Å². The molecule has 11 heteroatoms. The maximum Gasteiger partial charge on any atom is 0.341 e. The molecular weight excluding hydrogens is 420 g/mol.